The molecule has 1 aromatic heterocycles. The van der Waals surface area contributed by atoms with Crippen LogP contribution in [0.1, 0.15) is 11.1 Å². The number of nitrogens with zero attached hydrogens (tertiary/aromatic N) is 3. The van der Waals surface area contributed by atoms with Gasteiger partial charge in [0.05, 0.1) is 18.7 Å². The first-order chi connectivity index (χ1) is 12.1. The van der Waals surface area contributed by atoms with Gasteiger partial charge >= 0.3 is 0 Å². The number of rotatable bonds is 5. The number of amides is 1. The van der Waals surface area contributed by atoms with Gasteiger partial charge in [-0.25, -0.2) is 0 Å². The Morgan fingerprint density at radius 3 is 2.84 bits per heavy atom. The van der Waals surface area contributed by atoms with Crippen LogP contribution in [0.2, 0.25) is 0 Å². The molecule has 2 aromatic carbocycles. The van der Waals surface area contributed by atoms with E-state index in [1.807, 2.05) is 47.2 Å². The second-order valence-electron chi connectivity index (χ2n) is 5.93. The topological polar surface area (TPSA) is 58.3 Å². The normalized spacial score (nSPS) is 10.4. The SMILES string of the molecule is COc1ccc2c(ccn2CC(=O)N(C)Cc2cccc(C#N)c2)c1. The van der Waals surface area contributed by atoms with E-state index in [9.17, 15) is 4.79 Å². The lowest BCUT2D eigenvalue weighted by Crippen LogP contribution is -2.29. The highest BCUT2D eigenvalue weighted by molar-refractivity contribution is 5.84. The van der Waals surface area contributed by atoms with Crippen molar-refractivity contribution in [1.82, 2.24) is 9.47 Å². The Labute approximate surface area is 146 Å². The Hall–Kier alpha value is -3.26. The molecular formula is C20H19N3O2. The fourth-order valence-electron chi connectivity index (χ4n) is 2.81. The first-order valence-corrected chi connectivity index (χ1v) is 7.96. The number of nitriles is 1. The first kappa shape index (κ1) is 16.6. The maximum absolute atomic E-state index is 12.6. The standard InChI is InChI=1S/C20H19N3O2/c1-22(13-16-5-3-4-15(10-16)12-21)20(24)14-23-9-8-17-11-18(25-2)6-7-19(17)23/h3-11H,13-14H2,1-2H3. The van der Waals surface area contributed by atoms with E-state index in [0.717, 1.165) is 22.2 Å². The number of carbonyl (C=O) groups excluding carboxylic acids is 1. The molecular weight excluding hydrogens is 314 g/mol. The van der Waals surface area contributed by atoms with Crippen molar-refractivity contribution in [2.24, 2.45) is 0 Å². The van der Waals surface area contributed by atoms with Crippen molar-refractivity contribution in [2.45, 2.75) is 13.1 Å². The number of hydrogen-bond acceptors (Lipinski definition) is 3. The van der Waals surface area contributed by atoms with Crippen LogP contribution in [0.25, 0.3) is 10.9 Å². The van der Waals surface area contributed by atoms with E-state index in [2.05, 4.69) is 6.07 Å². The summed E-state index contributed by atoms with van der Waals surface area (Å²) in [4.78, 5) is 14.2. The van der Waals surface area contributed by atoms with E-state index < -0.39 is 0 Å². The van der Waals surface area contributed by atoms with Gasteiger partial charge in [-0.15, -0.1) is 0 Å². The van der Waals surface area contributed by atoms with Crippen LogP contribution in [0.5, 0.6) is 5.75 Å². The molecule has 5 nitrogen and oxygen atoms in total. The third-order valence-corrected chi connectivity index (χ3v) is 4.19. The zero-order valence-electron chi connectivity index (χ0n) is 14.3. The average molecular weight is 333 g/mol. The summed E-state index contributed by atoms with van der Waals surface area (Å²) in [6, 6.07) is 17.2. The van der Waals surface area contributed by atoms with Crippen LogP contribution in [0.4, 0.5) is 0 Å². The minimum atomic E-state index is 0.00989. The van der Waals surface area contributed by atoms with Gasteiger partial charge < -0.3 is 14.2 Å². The highest BCUT2D eigenvalue weighted by Crippen LogP contribution is 2.22. The lowest BCUT2D eigenvalue weighted by Gasteiger charge is -2.18. The summed E-state index contributed by atoms with van der Waals surface area (Å²) in [6.45, 7) is 0.742. The summed E-state index contributed by atoms with van der Waals surface area (Å²) in [6.07, 6.45) is 1.91. The van der Waals surface area contributed by atoms with Gasteiger partial charge in [0.2, 0.25) is 5.91 Å². The van der Waals surface area contributed by atoms with E-state index in [0.29, 0.717) is 12.1 Å². The van der Waals surface area contributed by atoms with Crippen molar-refractivity contribution in [1.29, 1.82) is 5.26 Å². The second kappa shape index (κ2) is 7.10. The quantitative estimate of drug-likeness (QED) is 0.720. The summed E-state index contributed by atoms with van der Waals surface area (Å²) in [5.41, 5.74) is 2.54. The van der Waals surface area contributed by atoms with Crippen LogP contribution in [0, 0.1) is 11.3 Å². The fraction of sp³-hybridized carbons (Fsp3) is 0.200. The summed E-state index contributed by atoms with van der Waals surface area (Å²) in [5, 5.41) is 10.0. The molecule has 0 aliphatic rings. The summed E-state index contributed by atoms with van der Waals surface area (Å²) >= 11 is 0. The monoisotopic (exact) mass is 333 g/mol. The molecule has 0 aliphatic heterocycles. The molecule has 1 heterocycles. The molecule has 0 unspecified atom stereocenters. The van der Waals surface area contributed by atoms with Crippen molar-refractivity contribution in [3.05, 3.63) is 65.9 Å². The maximum Gasteiger partial charge on any atom is 0.242 e. The van der Waals surface area contributed by atoms with E-state index in [-0.39, 0.29) is 12.5 Å². The van der Waals surface area contributed by atoms with E-state index in [1.54, 1.807) is 31.2 Å². The Morgan fingerprint density at radius 2 is 2.08 bits per heavy atom. The lowest BCUT2D eigenvalue weighted by molar-refractivity contribution is -0.131. The van der Waals surface area contributed by atoms with Crippen molar-refractivity contribution >= 4 is 16.8 Å². The number of likely N-dealkylation sites (N-methyl/N-ethyl adjacent to an activating group) is 1. The Balaban J connectivity index is 1.72. The molecule has 0 atom stereocenters. The van der Waals surface area contributed by atoms with Gasteiger partial charge in [0.1, 0.15) is 12.3 Å². The highest BCUT2D eigenvalue weighted by atomic mass is 16.5. The van der Waals surface area contributed by atoms with Gasteiger partial charge in [0, 0.05) is 30.7 Å². The minimum Gasteiger partial charge on any atom is -0.497 e. The van der Waals surface area contributed by atoms with Crippen molar-refractivity contribution < 1.29 is 9.53 Å². The van der Waals surface area contributed by atoms with Crippen LogP contribution in [-0.2, 0) is 17.9 Å². The third-order valence-electron chi connectivity index (χ3n) is 4.19. The molecule has 0 saturated carbocycles. The summed E-state index contributed by atoms with van der Waals surface area (Å²) < 4.78 is 7.16. The molecule has 0 spiro atoms. The summed E-state index contributed by atoms with van der Waals surface area (Å²) in [7, 11) is 3.41. The molecule has 0 fully saturated rings. The molecule has 3 aromatic rings. The zero-order chi connectivity index (χ0) is 17.8. The number of fused-ring (bicyclic) bond motifs is 1. The Kier molecular flexibility index (Phi) is 4.71. The van der Waals surface area contributed by atoms with Crippen LogP contribution in [0.15, 0.2) is 54.7 Å². The van der Waals surface area contributed by atoms with Gasteiger partial charge in [-0.3, -0.25) is 4.79 Å². The second-order valence-corrected chi connectivity index (χ2v) is 5.93. The van der Waals surface area contributed by atoms with Crippen LogP contribution >= 0.6 is 0 Å². The Morgan fingerprint density at radius 1 is 1.24 bits per heavy atom. The third kappa shape index (κ3) is 3.64. The van der Waals surface area contributed by atoms with Crippen molar-refractivity contribution in [3.8, 4) is 11.8 Å². The van der Waals surface area contributed by atoms with Crippen LogP contribution in [-0.4, -0.2) is 29.5 Å². The molecule has 25 heavy (non-hydrogen) atoms. The van der Waals surface area contributed by atoms with Gasteiger partial charge in [-0.05, 0) is 42.0 Å². The van der Waals surface area contributed by atoms with Crippen molar-refractivity contribution in [3.63, 3.8) is 0 Å². The van der Waals surface area contributed by atoms with E-state index in [4.69, 9.17) is 10.00 Å². The van der Waals surface area contributed by atoms with Gasteiger partial charge in [-0.1, -0.05) is 12.1 Å². The maximum atomic E-state index is 12.6. The number of benzene rings is 2. The summed E-state index contributed by atoms with van der Waals surface area (Å²) in [5.74, 6) is 0.807. The average Bonchev–Trinajstić information content (AvgIpc) is 3.03. The molecule has 5 heteroatoms. The van der Waals surface area contributed by atoms with Crippen molar-refractivity contribution in [2.75, 3.05) is 14.2 Å². The van der Waals surface area contributed by atoms with E-state index in [1.165, 1.54) is 0 Å². The smallest absolute Gasteiger partial charge is 0.242 e. The largest absolute Gasteiger partial charge is 0.497 e. The number of carbonyl (C=O) groups is 1. The highest BCUT2D eigenvalue weighted by Gasteiger charge is 2.12. The number of methoxy groups -OCH3 is 1. The Bertz CT molecular complexity index is 953. The number of aromatic nitrogens is 1. The first-order valence-electron chi connectivity index (χ1n) is 7.96. The zero-order valence-corrected chi connectivity index (χ0v) is 14.3. The van der Waals surface area contributed by atoms with Gasteiger partial charge in [0.15, 0.2) is 0 Å². The van der Waals surface area contributed by atoms with Crippen LogP contribution in [0.3, 0.4) is 0 Å². The predicted molar refractivity (Wildman–Crippen MR) is 96.1 cm³/mol. The molecule has 0 bridgehead atoms. The molecule has 0 saturated heterocycles. The van der Waals surface area contributed by atoms with Gasteiger partial charge in [-0.2, -0.15) is 5.26 Å². The number of ether oxygens (including phenoxy) is 1. The lowest BCUT2D eigenvalue weighted by atomic mass is 10.1. The molecule has 1 amide bonds. The van der Waals surface area contributed by atoms with Gasteiger partial charge in [0.25, 0.3) is 0 Å². The number of hydrogen-bond donors (Lipinski definition) is 0. The molecule has 0 N–H and O–H groups in total. The molecule has 126 valence electrons. The molecule has 0 aliphatic carbocycles. The predicted octanol–water partition coefficient (Wildman–Crippen LogP) is 3.18. The minimum absolute atomic E-state index is 0.00989. The fourth-order valence-corrected chi connectivity index (χ4v) is 2.81. The molecule has 0 radical (unpaired) electrons. The van der Waals surface area contributed by atoms with Crippen LogP contribution < -0.4 is 4.74 Å². The molecule has 3 rings (SSSR count). The van der Waals surface area contributed by atoms with E-state index >= 15 is 0 Å².